The lowest BCUT2D eigenvalue weighted by Crippen LogP contribution is -2.46. The first-order chi connectivity index (χ1) is 11.2. The van der Waals surface area contributed by atoms with E-state index in [2.05, 4.69) is 10.3 Å². The van der Waals surface area contributed by atoms with Crippen LogP contribution in [0.25, 0.3) is 0 Å². The number of alkyl halides is 3. The predicted molar refractivity (Wildman–Crippen MR) is 83.9 cm³/mol. The lowest BCUT2D eigenvalue weighted by Gasteiger charge is -2.34. The second-order valence-electron chi connectivity index (χ2n) is 6.04. The Kier molecular flexibility index (Phi) is 5.53. The second kappa shape index (κ2) is 7.25. The molecule has 1 aromatic heterocycles. The molecule has 6 nitrogen and oxygen atoms in total. The van der Waals surface area contributed by atoms with E-state index in [0.717, 1.165) is 5.82 Å². The number of aliphatic hydroxyl groups is 1. The topological polar surface area (TPSA) is 68.7 Å². The van der Waals surface area contributed by atoms with Gasteiger partial charge in [-0.25, -0.2) is 9.78 Å². The molecule has 0 bridgehead atoms. The minimum Gasteiger partial charge on any atom is -0.383 e. The highest BCUT2D eigenvalue weighted by Gasteiger charge is 2.44. The van der Waals surface area contributed by atoms with E-state index in [4.69, 9.17) is 0 Å². The molecule has 1 aliphatic heterocycles. The van der Waals surface area contributed by atoms with Gasteiger partial charge in [0.15, 0.2) is 6.10 Å². The molecule has 2 heterocycles. The van der Waals surface area contributed by atoms with Gasteiger partial charge in [0, 0.05) is 27.2 Å². The molecule has 2 N–H and O–H groups in total. The fourth-order valence-corrected chi connectivity index (χ4v) is 2.61. The Bertz CT molecular complexity index is 555. The number of nitrogens with one attached hydrogen (secondary N) is 1. The number of urea groups is 1. The van der Waals surface area contributed by atoms with Crippen LogP contribution in [-0.2, 0) is 0 Å². The van der Waals surface area contributed by atoms with Gasteiger partial charge in [-0.05, 0) is 30.9 Å². The number of piperidine rings is 1. The Morgan fingerprint density at radius 2 is 2.00 bits per heavy atom. The summed E-state index contributed by atoms with van der Waals surface area (Å²) in [4.78, 5) is 19.6. The number of pyridine rings is 1. The number of amides is 2. The quantitative estimate of drug-likeness (QED) is 0.881. The third-order valence-electron chi connectivity index (χ3n) is 4.07. The van der Waals surface area contributed by atoms with E-state index in [1.807, 2.05) is 19.0 Å². The van der Waals surface area contributed by atoms with Gasteiger partial charge in [-0.3, -0.25) is 0 Å². The second-order valence-corrected chi connectivity index (χ2v) is 6.04. The minimum absolute atomic E-state index is 0.117. The maximum Gasteiger partial charge on any atom is 0.414 e. The van der Waals surface area contributed by atoms with Crippen molar-refractivity contribution in [2.24, 2.45) is 5.92 Å². The van der Waals surface area contributed by atoms with E-state index < -0.39 is 18.2 Å². The van der Waals surface area contributed by atoms with Crippen LogP contribution in [0.15, 0.2) is 18.3 Å². The number of hydrogen-bond acceptors (Lipinski definition) is 4. The largest absolute Gasteiger partial charge is 0.414 e. The molecule has 2 amide bonds. The number of nitrogens with zero attached hydrogens (tertiary/aromatic N) is 3. The molecule has 1 aromatic rings. The Balaban J connectivity index is 1.86. The van der Waals surface area contributed by atoms with Crippen molar-refractivity contribution in [3.63, 3.8) is 0 Å². The summed E-state index contributed by atoms with van der Waals surface area (Å²) in [5.74, 6) is -0.120. The molecule has 0 aliphatic carbocycles. The number of halogens is 3. The number of aromatic nitrogens is 1. The van der Waals surface area contributed by atoms with Gasteiger partial charge >= 0.3 is 12.2 Å². The molecular weight excluding hydrogens is 325 g/mol. The first-order valence-corrected chi connectivity index (χ1v) is 7.62. The van der Waals surface area contributed by atoms with Gasteiger partial charge in [0.1, 0.15) is 5.82 Å². The average molecular weight is 346 g/mol. The third-order valence-corrected chi connectivity index (χ3v) is 4.07. The summed E-state index contributed by atoms with van der Waals surface area (Å²) in [6.07, 6.45) is -5.19. The van der Waals surface area contributed by atoms with Crippen LogP contribution in [0.2, 0.25) is 0 Å². The summed E-state index contributed by atoms with van der Waals surface area (Å²) in [6, 6.07) is 3.08. The number of hydrogen-bond donors (Lipinski definition) is 2. The molecule has 1 saturated heterocycles. The monoisotopic (exact) mass is 346 g/mol. The van der Waals surface area contributed by atoms with Crippen LogP contribution in [0.5, 0.6) is 0 Å². The van der Waals surface area contributed by atoms with Crippen molar-refractivity contribution < 1.29 is 23.1 Å². The molecule has 1 aliphatic rings. The first-order valence-electron chi connectivity index (χ1n) is 7.62. The fourth-order valence-electron chi connectivity index (χ4n) is 2.61. The summed E-state index contributed by atoms with van der Waals surface area (Å²) in [6.45, 7) is 0.347. The standard InChI is InChI=1S/C15H21F3N4O2/c1-21(2)12-4-3-11(9-19-12)20-14(24)22-7-5-10(6-8-22)13(23)15(16,17)18/h3-4,9-10,13,23H,5-8H2,1-2H3,(H,20,24). The lowest BCUT2D eigenvalue weighted by molar-refractivity contribution is -0.222. The van der Waals surface area contributed by atoms with Gasteiger partial charge in [-0.2, -0.15) is 13.2 Å². The molecule has 0 aromatic carbocycles. The molecule has 9 heteroatoms. The summed E-state index contributed by atoms with van der Waals surface area (Å²) in [5, 5.41) is 12.0. The van der Waals surface area contributed by atoms with E-state index >= 15 is 0 Å². The maximum absolute atomic E-state index is 12.5. The van der Waals surface area contributed by atoms with E-state index in [9.17, 15) is 23.1 Å². The number of likely N-dealkylation sites (tertiary alicyclic amines) is 1. The van der Waals surface area contributed by atoms with E-state index in [-0.39, 0.29) is 32.0 Å². The lowest BCUT2D eigenvalue weighted by atomic mass is 9.91. The van der Waals surface area contributed by atoms with Gasteiger partial charge < -0.3 is 20.2 Å². The van der Waals surface area contributed by atoms with Crippen molar-refractivity contribution in [1.82, 2.24) is 9.88 Å². The molecule has 1 fully saturated rings. The maximum atomic E-state index is 12.5. The molecule has 0 spiro atoms. The van der Waals surface area contributed by atoms with Crippen LogP contribution in [0.3, 0.4) is 0 Å². The highest BCUT2D eigenvalue weighted by molar-refractivity contribution is 5.89. The summed E-state index contributed by atoms with van der Waals surface area (Å²) < 4.78 is 37.5. The summed E-state index contributed by atoms with van der Waals surface area (Å²) in [7, 11) is 3.69. The third kappa shape index (κ3) is 4.50. The van der Waals surface area contributed by atoms with Gasteiger partial charge in [-0.15, -0.1) is 0 Å². The van der Waals surface area contributed by atoms with E-state index in [1.54, 1.807) is 12.1 Å². The molecule has 1 unspecified atom stereocenters. The first kappa shape index (κ1) is 18.3. The molecule has 0 saturated carbocycles. The molecule has 0 radical (unpaired) electrons. The molecular formula is C15H21F3N4O2. The minimum atomic E-state index is -4.62. The van der Waals surface area contributed by atoms with Crippen LogP contribution in [0, 0.1) is 5.92 Å². The molecule has 1 atom stereocenters. The Hall–Kier alpha value is -2.03. The van der Waals surface area contributed by atoms with Gasteiger partial charge in [-0.1, -0.05) is 0 Å². The number of carbonyl (C=O) groups excluding carboxylic acids is 1. The van der Waals surface area contributed by atoms with Gasteiger partial charge in [0.2, 0.25) is 0 Å². The van der Waals surface area contributed by atoms with Crippen molar-refractivity contribution >= 4 is 17.5 Å². The molecule has 24 heavy (non-hydrogen) atoms. The zero-order chi connectivity index (χ0) is 17.9. The normalized spacial score (nSPS) is 17.5. The highest BCUT2D eigenvalue weighted by Crippen LogP contribution is 2.31. The van der Waals surface area contributed by atoms with Crippen LogP contribution in [0.4, 0.5) is 29.5 Å². The Morgan fingerprint density at radius 3 is 2.46 bits per heavy atom. The van der Waals surface area contributed by atoms with Crippen molar-refractivity contribution in [3.8, 4) is 0 Å². The molecule has 2 rings (SSSR count). The van der Waals surface area contributed by atoms with E-state index in [1.165, 1.54) is 11.1 Å². The number of carbonyl (C=O) groups is 1. The van der Waals surface area contributed by atoms with Gasteiger partial charge in [0.05, 0.1) is 11.9 Å². The van der Waals surface area contributed by atoms with Gasteiger partial charge in [0.25, 0.3) is 0 Å². The number of aliphatic hydroxyl groups excluding tert-OH is 1. The average Bonchev–Trinajstić information content (AvgIpc) is 2.54. The van der Waals surface area contributed by atoms with E-state index in [0.29, 0.717) is 5.69 Å². The van der Waals surface area contributed by atoms with Crippen molar-refractivity contribution in [2.45, 2.75) is 25.1 Å². The van der Waals surface area contributed by atoms with Crippen LogP contribution >= 0.6 is 0 Å². The van der Waals surface area contributed by atoms with Crippen LogP contribution < -0.4 is 10.2 Å². The number of anilines is 2. The van der Waals surface area contributed by atoms with Crippen LogP contribution in [-0.4, -0.2) is 60.5 Å². The highest BCUT2D eigenvalue weighted by atomic mass is 19.4. The Morgan fingerprint density at radius 1 is 1.38 bits per heavy atom. The zero-order valence-corrected chi connectivity index (χ0v) is 13.5. The van der Waals surface area contributed by atoms with Crippen molar-refractivity contribution in [2.75, 3.05) is 37.4 Å². The summed E-state index contributed by atoms with van der Waals surface area (Å²) >= 11 is 0. The van der Waals surface area contributed by atoms with Crippen molar-refractivity contribution in [3.05, 3.63) is 18.3 Å². The van der Waals surface area contributed by atoms with Crippen molar-refractivity contribution in [1.29, 1.82) is 0 Å². The number of rotatable bonds is 3. The smallest absolute Gasteiger partial charge is 0.383 e. The van der Waals surface area contributed by atoms with Crippen LogP contribution in [0.1, 0.15) is 12.8 Å². The Labute approximate surface area is 138 Å². The SMILES string of the molecule is CN(C)c1ccc(NC(=O)N2CCC(C(O)C(F)(F)F)CC2)cn1. The fraction of sp³-hybridized carbons (Fsp3) is 0.600. The predicted octanol–water partition coefficient (Wildman–Crippen LogP) is 2.31. The summed E-state index contributed by atoms with van der Waals surface area (Å²) in [5.41, 5.74) is 0.517. The molecule has 134 valence electrons. The zero-order valence-electron chi connectivity index (χ0n) is 13.5.